The molecule has 4 rings (SSSR count). The topological polar surface area (TPSA) is 29.5 Å². The lowest BCUT2D eigenvalue weighted by molar-refractivity contribution is -0.126. The second-order valence-electron chi connectivity index (χ2n) is 7.16. The number of fused-ring (bicyclic) bond motifs is 1. The molecule has 1 saturated heterocycles. The minimum absolute atomic E-state index is 0.126. The molecule has 2 aromatic rings. The number of piperidine rings is 1. The van der Waals surface area contributed by atoms with Gasteiger partial charge in [0, 0.05) is 24.1 Å². The lowest BCUT2D eigenvalue weighted by Gasteiger charge is -2.49. The van der Waals surface area contributed by atoms with Gasteiger partial charge in [-0.2, -0.15) is 0 Å². The third-order valence-corrected chi connectivity index (χ3v) is 5.79. The van der Waals surface area contributed by atoms with Gasteiger partial charge in [-0.15, -0.1) is 0 Å². The predicted molar refractivity (Wildman–Crippen MR) is 100 cm³/mol. The third-order valence-electron chi connectivity index (χ3n) is 5.79. The molecule has 2 aromatic carbocycles. The highest BCUT2D eigenvalue weighted by Crippen LogP contribution is 2.44. The zero-order valence-corrected chi connectivity index (χ0v) is 14.7. The Morgan fingerprint density at radius 1 is 0.960 bits per heavy atom. The van der Waals surface area contributed by atoms with Crippen LogP contribution in [0.15, 0.2) is 54.6 Å². The van der Waals surface area contributed by atoms with E-state index in [0.29, 0.717) is 18.2 Å². The van der Waals surface area contributed by atoms with Gasteiger partial charge in [0.15, 0.2) is 0 Å². The van der Waals surface area contributed by atoms with Gasteiger partial charge in [0.25, 0.3) is 0 Å². The summed E-state index contributed by atoms with van der Waals surface area (Å²) >= 11 is 0. The fraction of sp³-hybridized carbons (Fsp3) is 0.409. The van der Waals surface area contributed by atoms with Crippen LogP contribution in [0.3, 0.4) is 0 Å². The van der Waals surface area contributed by atoms with Gasteiger partial charge >= 0.3 is 0 Å². The summed E-state index contributed by atoms with van der Waals surface area (Å²) in [5, 5.41) is 0. The number of ether oxygens (including phenoxy) is 1. The number of hydrogen-bond acceptors (Lipinski definition) is 3. The molecule has 2 fully saturated rings. The average molecular weight is 335 g/mol. The van der Waals surface area contributed by atoms with E-state index in [1.807, 2.05) is 18.2 Å². The first-order valence-electron chi connectivity index (χ1n) is 9.28. The zero-order chi connectivity index (χ0) is 17.2. The largest absolute Gasteiger partial charge is 0.497 e. The van der Waals surface area contributed by atoms with E-state index in [4.69, 9.17) is 4.74 Å². The van der Waals surface area contributed by atoms with E-state index >= 15 is 0 Å². The number of benzene rings is 2. The molecule has 3 nitrogen and oxygen atoms in total. The van der Waals surface area contributed by atoms with Crippen molar-refractivity contribution in [3.63, 3.8) is 0 Å². The summed E-state index contributed by atoms with van der Waals surface area (Å²) in [5.41, 5.74) is 2.43. The molecule has 0 spiro atoms. The van der Waals surface area contributed by atoms with Gasteiger partial charge in [0.2, 0.25) is 0 Å². The molecule has 0 unspecified atom stereocenters. The van der Waals surface area contributed by atoms with Crippen molar-refractivity contribution in [1.29, 1.82) is 0 Å². The molecule has 0 amide bonds. The number of rotatable bonds is 3. The maximum Gasteiger partial charge on any atom is 0.140 e. The minimum atomic E-state index is 0.126. The Labute approximate surface area is 149 Å². The Morgan fingerprint density at radius 2 is 1.68 bits per heavy atom. The normalized spacial score (nSPS) is 26.2. The van der Waals surface area contributed by atoms with Crippen molar-refractivity contribution in [2.45, 2.75) is 44.2 Å². The molecule has 2 aliphatic rings. The van der Waals surface area contributed by atoms with Crippen LogP contribution in [0.4, 0.5) is 5.69 Å². The van der Waals surface area contributed by atoms with Crippen molar-refractivity contribution in [1.82, 2.24) is 0 Å². The van der Waals surface area contributed by atoms with Crippen LogP contribution in [0.1, 0.15) is 43.7 Å². The Balaban J connectivity index is 1.76. The number of methoxy groups -OCH3 is 1. The minimum Gasteiger partial charge on any atom is -0.497 e. The molecule has 1 saturated carbocycles. The number of hydrogen-bond donors (Lipinski definition) is 0. The highest BCUT2D eigenvalue weighted by Gasteiger charge is 2.43. The molecule has 3 atom stereocenters. The first kappa shape index (κ1) is 16.2. The van der Waals surface area contributed by atoms with Crippen molar-refractivity contribution < 1.29 is 9.53 Å². The molecule has 1 aliphatic heterocycles. The number of nitrogens with zero attached hydrogens (tertiary/aromatic N) is 1. The van der Waals surface area contributed by atoms with Crippen LogP contribution in [0.25, 0.3) is 0 Å². The predicted octanol–water partition coefficient (Wildman–Crippen LogP) is 4.77. The lowest BCUT2D eigenvalue weighted by atomic mass is 9.74. The smallest absolute Gasteiger partial charge is 0.140 e. The molecule has 1 heterocycles. The molecule has 1 aliphatic carbocycles. The van der Waals surface area contributed by atoms with Gasteiger partial charge in [-0.1, -0.05) is 43.2 Å². The Bertz CT molecular complexity index is 725. The van der Waals surface area contributed by atoms with Crippen LogP contribution in [0.2, 0.25) is 0 Å². The second-order valence-corrected chi connectivity index (χ2v) is 7.16. The quantitative estimate of drug-likeness (QED) is 0.809. The summed E-state index contributed by atoms with van der Waals surface area (Å²) in [6, 6.07) is 19.2. The second kappa shape index (κ2) is 6.91. The van der Waals surface area contributed by atoms with Gasteiger partial charge in [-0.25, -0.2) is 0 Å². The summed E-state index contributed by atoms with van der Waals surface area (Å²) in [7, 11) is 1.69. The van der Waals surface area contributed by atoms with Crippen LogP contribution in [-0.4, -0.2) is 18.9 Å². The first-order chi connectivity index (χ1) is 12.3. The molecule has 0 bridgehead atoms. The van der Waals surface area contributed by atoms with Crippen LogP contribution in [-0.2, 0) is 4.79 Å². The summed E-state index contributed by atoms with van der Waals surface area (Å²) in [6.45, 7) is 0. The van der Waals surface area contributed by atoms with E-state index in [1.54, 1.807) is 7.11 Å². The molecule has 25 heavy (non-hydrogen) atoms. The molecule has 0 N–H and O–H groups in total. The monoisotopic (exact) mass is 335 g/mol. The molecule has 0 aromatic heterocycles. The van der Waals surface area contributed by atoms with Crippen LogP contribution in [0, 0.1) is 5.92 Å². The van der Waals surface area contributed by atoms with Crippen molar-refractivity contribution in [2.24, 2.45) is 5.92 Å². The van der Waals surface area contributed by atoms with Gasteiger partial charge in [0.1, 0.15) is 11.5 Å². The summed E-state index contributed by atoms with van der Waals surface area (Å²) < 4.78 is 5.32. The van der Waals surface area contributed by atoms with E-state index < -0.39 is 0 Å². The van der Waals surface area contributed by atoms with Crippen LogP contribution >= 0.6 is 0 Å². The Morgan fingerprint density at radius 3 is 2.40 bits per heavy atom. The molecular formula is C22H25NO2. The average Bonchev–Trinajstić information content (AvgIpc) is 2.69. The van der Waals surface area contributed by atoms with E-state index in [9.17, 15) is 4.79 Å². The van der Waals surface area contributed by atoms with Gasteiger partial charge < -0.3 is 9.64 Å². The standard InChI is InChI=1S/C22H25NO2/c1-25-18-13-11-17(12-14-18)23-20-10-6-5-9-19(20)22(24)15-21(23)16-7-3-2-4-8-16/h2-4,7-8,11-14,19-21H,5-6,9-10,15H2,1H3/t19-,20+,21+/m1/s1. The molecule has 3 heteroatoms. The van der Waals surface area contributed by atoms with Crippen molar-refractivity contribution >= 4 is 11.5 Å². The SMILES string of the molecule is COc1ccc(N2[C@H](c3ccccc3)CC(=O)[C@@H]3CCCC[C@@H]32)cc1. The summed E-state index contributed by atoms with van der Waals surface area (Å²) in [6.07, 6.45) is 5.14. The van der Waals surface area contributed by atoms with Crippen molar-refractivity contribution in [2.75, 3.05) is 12.0 Å². The maximum absolute atomic E-state index is 12.8. The fourth-order valence-corrected chi connectivity index (χ4v) is 4.57. The van der Waals surface area contributed by atoms with E-state index in [1.165, 1.54) is 24.1 Å². The first-order valence-corrected chi connectivity index (χ1v) is 9.28. The lowest BCUT2D eigenvalue weighted by Crippen LogP contribution is -2.52. The number of Topliss-reactive ketones (excluding diaryl/α,β-unsaturated/α-hetero) is 1. The third kappa shape index (κ3) is 3.04. The Hall–Kier alpha value is -2.29. The van der Waals surface area contributed by atoms with E-state index in [-0.39, 0.29) is 12.0 Å². The van der Waals surface area contributed by atoms with Gasteiger partial charge in [-0.3, -0.25) is 4.79 Å². The summed E-state index contributed by atoms with van der Waals surface area (Å²) in [5.74, 6) is 1.51. The number of carbonyl (C=O) groups excluding carboxylic acids is 1. The van der Waals surface area contributed by atoms with Crippen molar-refractivity contribution in [3.8, 4) is 5.75 Å². The fourth-order valence-electron chi connectivity index (χ4n) is 4.57. The van der Waals surface area contributed by atoms with Crippen LogP contribution < -0.4 is 9.64 Å². The number of ketones is 1. The zero-order valence-electron chi connectivity index (χ0n) is 14.7. The van der Waals surface area contributed by atoms with Crippen LogP contribution in [0.5, 0.6) is 5.75 Å². The molecule has 0 radical (unpaired) electrons. The summed E-state index contributed by atoms with van der Waals surface area (Å²) in [4.78, 5) is 15.4. The molecular weight excluding hydrogens is 310 g/mol. The number of anilines is 1. The maximum atomic E-state index is 12.8. The van der Waals surface area contributed by atoms with E-state index in [2.05, 4.69) is 41.3 Å². The highest BCUT2D eigenvalue weighted by molar-refractivity contribution is 5.85. The van der Waals surface area contributed by atoms with Gasteiger partial charge in [0.05, 0.1) is 13.2 Å². The highest BCUT2D eigenvalue weighted by atomic mass is 16.5. The Kier molecular flexibility index (Phi) is 4.48. The van der Waals surface area contributed by atoms with E-state index in [0.717, 1.165) is 18.6 Å². The van der Waals surface area contributed by atoms with Crippen molar-refractivity contribution in [3.05, 3.63) is 60.2 Å². The number of carbonyl (C=O) groups is 1. The van der Waals surface area contributed by atoms with Gasteiger partial charge in [-0.05, 0) is 42.7 Å². The molecule has 130 valence electrons.